The predicted octanol–water partition coefficient (Wildman–Crippen LogP) is 5.42. The second-order valence-electron chi connectivity index (χ2n) is 9.21. The molecular weight excluding hydrogens is 470 g/mol. The molecule has 1 N–H and O–H groups in total. The van der Waals surface area contributed by atoms with Crippen molar-refractivity contribution in [3.05, 3.63) is 94.6 Å². The van der Waals surface area contributed by atoms with Crippen molar-refractivity contribution in [1.82, 2.24) is 4.90 Å². The predicted molar refractivity (Wildman–Crippen MR) is 141 cm³/mol. The molecule has 1 heterocycles. The SMILES string of the molecule is COc1ccc(CN2C(=O)C(=O)/C(=C(/O)c3cc(C)ccc3OC)C2c2ccc(OC(C)C)cc2)cc1. The van der Waals surface area contributed by atoms with Crippen molar-refractivity contribution in [1.29, 1.82) is 0 Å². The summed E-state index contributed by atoms with van der Waals surface area (Å²) < 4.78 is 16.5. The summed E-state index contributed by atoms with van der Waals surface area (Å²) in [4.78, 5) is 28.2. The van der Waals surface area contributed by atoms with Gasteiger partial charge < -0.3 is 24.2 Å². The standard InChI is InChI=1S/C30H31NO6/c1-18(2)37-23-13-9-21(10-14-23)27-26(28(32)24-16-19(3)6-15-25(24)36-5)29(33)30(34)31(27)17-20-7-11-22(35-4)12-8-20/h6-16,18,27,32H,17H2,1-5H3/b28-26+. The number of ketones is 1. The van der Waals surface area contributed by atoms with Crippen molar-refractivity contribution in [2.24, 2.45) is 0 Å². The highest BCUT2D eigenvalue weighted by Crippen LogP contribution is 2.42. The van der Waals surface area contributed by atoms with Gasteiger partial charge in [0.05, 0.1) is 37.5 Å². The Morgan fingerprint density at radius 2 is 1.57 bits per heavy atom. The van der Waals surface area contributed by atoms with Gasteiger partial charge in [0.2, 0.25) is 0 Å². The van der Waals surface area contributed by atoms with Gasteiger partial charge in [0.1, 0.15) is 23.0 Å². The summed E-state index contributed by atoms with van der Waals surface area (Å²) in [7, 11) is 3.08. The van der Waals surface area contributed by atoms with E-state index < -0.39 is 17.7 Å². The van der Waals surface area contributed by atoms with Gasteiger partial charge in [-0.05, 0) is 68.3 Å². The van der Waals surface area contributed by atoms with Crippen molar-refractivity contribution in [2.45, 2.75) is 39.5 Å². The summed E-state index contributed by atoms with van der Waals surface area (Å²) in [6, 6.07) is 19.0. The molecule has 37 heavy (non-hydrogen) atoms. The van der Waals surface area contributed by atoms with Crippen LogP contribution in [-0.2, 0) is 16.1 Å². The number of aliphatic hydroxyl groups is 1. The minimum atomic E-state index is -0.805. The van der Waals surface area contributed by atoms with Gasteiger partial charge in [0.25, 0.3) is 11.7 Å². The molecule has 1 aliphatic heterocycles. The van der Waals surface area contributed by atoms with Gasteiger partial charge in [-0.2, -0.15) is 0 Å². The Hall–Kier alpha value is -4.26. The number of likely N-dealkylation sites (tertiary alicyclic amines) is 1. The van der Waals surface area contributed by atoms with Gasteiger partial charge in [-0.3, -0.25) is 9.59 Å². The normalized spacial score (nSPS) is 16.8. The van der Waals surface area contributed by atoms with E-state index in [0.717, 1.165) is 11.1 Å². The van der Waals surface area contributed by atoms with E-state index >= 15 is 0 Å². The lowest BCUT2D eigenvalue weighted by atomic mass is 9.94. The third-order valence-electron chi connectivity index (χ3n) is 6.23. The molecule has 1 aliphatic rings. The number of ether oxygens (including phenoxy) is 3. The zero-order valence-corrected chi connectivity index (χ0v) is 21.6. The topological polar surface area (TPSA) is 85.3 Å². The highest BCUT2D eigenvalue weighted by Gasteiger charge is 2.46. The van der Waals surface area contributed by atoms with Crippen molar-refractivity contribution < 1.29 is 28.9 Å². The van der Waals surface area contributed by atoms with E-state index in [1.54, 1.807) is 43.5 Å². The van der Waals surface area contributed by atoms with Gasteiger partial charge in [-0.1, -0.05) is 35.9 Å². The molecule has 3 aromatic rings. The summed E-state index contributed by atoms with van der Waals surface area (Å²) in [5.74, 6) is 0.0620. The Morgan fingerprint density at radius 1 is 0.919 bits per heavy atom. The lowest BCUT2D eigenvalue weighted by molar-refractivity contribution is -0.140. The molecule has 7 nitrogen and oxygen atoms in total. The Balaban J connectivity index is 1.85. The van der Waals surface area contributed by atoms with E-state index in [-0.39, 0.29) is 24.0 Å². The molecule has 192 valence electrons. The summed E-state index contributed by atoms with van der Waals surface area (Å²) in [6.45, 7) is 5.93. The van der Waals surface area contributed by atoms with Crippen molar-refractivity contribution >= 4 is 17.4 Å². The van der Waals surface area contributed by atoms with Crippen LogP contribution in [0.25, 0.3) is 5.76 Å². The molecule has 4 rings (SSSR count). The fourth-order valence-corrected chi connectivity index (χ4v) is 4.47. The summed E-state index contributed by atoms with van der Waals surface area (Å²) in [5, 5.41) is 11.5. The van der Waals surface area contributed by atoms with Crippen LogP contribution in [0.5, 0.6) is 17.2 Å². The number of carbonyl (C=O) groups is 2. The van der Waals surface area contributed by atoms with Crippen LogP contribution in [0.2, 0.25) is 0 Å². The number of nitrogens with zero attached hydrogens (tertiary/aromatic N) is 1. The summed E-state index contributed by atoms with van der Waals surface area (Å²) in [6.07, 6.45) is 0.000318. The van der Waals surface area contributed by atoms with Crippen LogP contribution in [0.1, 0.15) is 42.1 Å². The van der Waals surface area contributed by atoms with Crippen LogP contribution in [0, 0.1) is 6.92 Å². The van der Waals surface area contributed by atoms with Gasteiger partial charge in [0.15, 0.2) is 0 Å². The zero-order chi connectivity index (χ0) is 26.7. The van der Waals surface area contributed by atoms with Crippen molar-refractivity contribution in [2.75, 3.05) is 14.2 Å². The molecule has 1 amide bonds. The molecule has 1 saturated heterocycles. The highest BCUT2D eigenvalue weighted by atomic mass is 16.5. The van der Waals surface area contributed by atoms with Crippen LogP contribution < -0.4 is 14.2 Å². The molecule has 0 saturated carbocycles. The van der Waals surface area contributed by atoms with Crippen molar-refractivity contribution in [3.63, 3.8) is 0 Å². The smallest absolute Gasteiger partial charge is 0.295 e. The molecule has 3 aromatic carbocycles. The molecule has 1 atom stereocenters. The Bertz CT molecular complexity index is 1330. The number of amides is 1. The first-order valence-electron chi connectivity index (χ1n) is 12.1. The van der Waals surface area contributed by atoms with Crippen LogP contribution in [-0.4, -0.2) is 42.0 Å². The van der Waals surface area contributed by atoms with Crippen LogP contribution in [0.15, 0.2) is 72.3 Å². The lowest BCUT2D eigenvalue weighted by Crippen LogP contribution is -2.29. The Morgan fingerprint density at radius 3 is 2.16 bits per heavy atom. The zero-order valence-electron chi connectivity index (χ0n) is 21.6. The maximum absolute atomic E-state index is 13.4. The van der Waals surface area contributed by atoms with E-state index in [1.165, 1.54) is 12.0 Å². The van der Waals surface area contributed by atoms with Gasteiger partial charge in [-0.15, -0.1) is 0 Å². The number of aryl methyl sites for hydroxylation is 1. The van der Waals surface area contributed by atoms with Crippen LogP contribution in [0.3, 0.4) is 0 Å². The number of hydrogen-bond donors (Lipinski definition) is 1. The summed E-state index contributed by atoms with van der Waals surface area (Å²) >= 11 is 0. The first kappa shape index (κ1) is 25.8. The number of hydrogen-bond acceptors (Lipinski definition) is 6. The third kappa shape index (κ3) is 5.31. The van der Waals surface area contributed by atoms with Gasteiger partial charge in [0, 0.05) is 6.54 Å². The molecular formula is C30H31NO6. The molecule has 0 spiro atoms. The fourth-order valence-electron chi connectivity index (χ4n) is 4.47. The number of rotatable bonds is 8. The van der Waals surface area contributed by atoms with E-state index in [4.69, 9.17) is 14.2 Å². The maximum Gasteiger partial charge on any atom is 0.295 e. The molecule has 0 radical (unpaired) electrons. The highest BCUT2D eigenvalue weighted by molar-refractivity contribution is 6.46. The van der Waals surface area contributed by atoms with E-state index in [9.17, 15) is 14.7 Å². The average molecular weight is 502 g/mol. The fraction of sp³-hybridized carbons (Fsp3) is 0.267. The molecule has 0 aliphatic carbocycles. The molecule has 1 fully saturated rings. The number of benzene rings is 3. The second kappa shape index (κ2) is 10.8. The van der Waals surface area contributed by atoms with Crippen LogP contribution >= 0.6 is 0 Å². The summed E-state index contributed by atoms with van der Waals surface area (Å²) in [5.41, 5.74) is 2.74. The molecule has 0 bridgehead atoms. The van der Waals surface area contributed by atoms with E-state index in [0.29, 0.717) is 28.4 Å². The third-order valence-corrected chi connectivity index (χ3v) is 6.23. The monoisotopic (exact) mass is 501 g/mol. The molecule has 1 unspecified atom stereocenters. The minimum Gasteiger partial charge on any atom is -0.507 e. The molecule has 0 aromatic heterocycles. The quantitative estimate of drug-likeness (QED) is 0.252. The van der Waals surface area contributed by atoms with Gasteiger partial charge >= 0.3 is 0 Å². The van der Waals surface area contributed by atoms with Crippen LogP contribution in [0.4, 0.5) is 0 Å². The second-order valence-corrected chi connectivity index (χ2v) is 9.21. The first-order chi connectivity index (χ1) is 17.7. The number of carbonyl (C=O) groups excluding carboxylic acids is 2. The van der Waals surface area contributed by atoms with Gasteiger partial charge in [-0.25, -0.2) is 0 Å². The molecule has 7 heteroatoms. The minimum absolute atomic E-state index is 0.000318. The first-order valence-corrected chi connectivity index (χ1v) is 12.1. The Labute approximate surface area is 216 Å². The lowest BCUT2D eigenvalue weighted by Gasteiger charge is -2.26. The average Bonchev–Trinajstić information content (AvgIpc) is 3.13. The van der Waals surface area contributed by atoms with E-state index in [1.807, 2.05) is 51.1 Å². The van der Waals surface area contributed by atoms with Crippen molar-refractivity contribution in [3.8, 4) is 17.2 Å². The van der Waals surface area contributed by atoms with E-state index in [2.05, 4.69) is 0 Å². The Kier molecular flexibility index (Phi) is 7.53. The maximum atomic E-state index is 13.4. The number of aliphatic hydroxyl groups excluding tert-OH is 1. The largest absolute Gasteiger partial charge is 0.507 e. The number of Topliss-reactive ketones (excluding diaryl/α,β-unsaturated/α-hetero) is 1. The number of methoxy groups -OCH3 is 2.